The van der Waals surface area contributed by atoms with Crippen molar-refractivity contribution in [3.63, 3.8) is 0 Å². The zero-order valence-electron chi connectivity index (χ0n) is 12.7. The zero-order chi connectivity index (χ0) is 13.7. The maximum Gasteiger partial charge on any atom is 0.0236 e. The minimum absolute atomic E-state index is 0.254. The molecule has 0 fully saturated rings. The number of rotatable bonds is 5. The van der Waals surface area contributed by atoms with E-state index in [1.54, 1.807) is 5.56 Å². The second-order valence-electron chi connectivity index (χ2n) is 6.68. The van der Waals surface area contributed by atoms with Gasteiger partial charge in [-0.15, -0.1) is 0 Å². The highest BCUT2D eigenvalue weighted by atomic mass is 15.1. The zero-order valence-corrected chi connectivity index (χ0v) is 12.7. The molecule has 0 saturated carbocycles. The van der Waals surface area contributed by atoms with Gasteiger partial charge in [0, 0.05) is 18.6 Å². The summed E-state index contributed by atoms with van der Waals surface area (Å²) in [5.41, 5.74) is 3.33. The van der Waals surface area contributed by atoms with Crippen LogP contribution >= 0.6 is 0 Å². The van der Waals surface area contributed by atoms with Crippen molar-refractivity contribution in [2.75, 3.05) is 19.6 Å². The molecule has 0 aromatic heterocycles. The Labute approximate surface area is 118 Å². The molecule has 0 amide bonds. The fourth-order valence-electron chi connectivity index (χ4n) is 2.67. The molecule has 2 nitrogen and oxygen atoms in total. The first-order valence-electron chi connectivity index (χ1n) is 7.59. The molecule has 19 heavy (non-hydrogen) atoms. The molecule has 0 aliphatic carbocycles. The molecule has 106 valence electrons. The number of hydrogen-bond donors (Lipinski definition) is 1. The number of unbranched alkanes of at least 4 members (excludes halogenated alkanes) is 1. The van der Waals surface area contributed by atoms with Crippen LogP contribution in [0.1, 0.15) is 44.7 Å². The Bertz CT molecular complexity index is 392. The van der Waals surface area contributed by atoms with E-state index < -0.39 is 0 Å². The van der Waals surface area contributed by atoms with Gasteiger partial charge in [-0.1, -0.05) is 24.3 Å². The van der Waals surface area contributed by atoms with Crippen LogP contribution < -0.4 is 5.32 Å². The van der Waals surface area contributed by atoms with Gasteiger partial charge in [-0.25, -0.2) is 0 Å². The lowest BCUT2D eigenvalue weighted by atomic mass is 10.00. The highest BCUT2D eigenvalue weighted by Crippen LogP contribution is 2.18. The van der Waals surface area contributed by atoms with Crippen LogP contribution in [-0.4, -0.2) is 30.1 Å². The first kappa shape index (κ1) is 14.5. The second kappa shape index (κ2) is 6.53. The Kier molecular flexibility index (Phi) is 5.00. The fourth-order valence-corrected chi connectivity index (χ4v) is 2.67. The third-order valence-electron chi connectivity index (χ3n) is 3.77. The molecule has 0 spiro atoms. The highest BCUT2D eigenvalue weighted by molar-refractivity contribution is 5.28. The van der Waals surface area contributed by atoms with Crippen LogP contribution in [-0.2, 0) is 13.0 Å². The molecule has 1 aromatic rings. The van der Waals surface area contributed by atoms with Crippen molar-refractivity contribution in [3.8, 4) is 0 Å². The molecule has 1 N–H and O–H groups in total. The molecule has 0 atom stereocenters. The van der Waals surface area contributed by atoms with Crippen molar-refractivity contribution < 1.29 is 0 Å². The maximum atomic E-state index is 3.56. The molecular weight excluding hydrogens is 232 g/mol. The van der Waals surface area contributed by atoms with E-state index in [-0.39, 0.29) is 5.54 Å². The van der Waals surface area contributed by atoms with E-state index in [2.05, 4.69) is 55.3 Å². The van der Waals surface area contributed by atoms with Gasteiger partial charge < -0.3 is 5.32 Å². The molecule has 1 aromatic carbocycles. The standard InChI is InChI=1S/C17H28N2/c1-17(2,3)18-11-6-7-12-19-13-10-15-8-4-5-9-16(15)14-19/h4-5,8-9,18H,6-7,10-14H2,1-3H3. The van der Waals surface area contributed by atoms with E-state index in [0.717, 1.165) is 13.1 Å². The number of nitrogens with one attached hydrogen (secondary N) is 1. The molecular formula is C17H28N2. The number of hydrogen-bond acceptors (Lipinski definition) is 2. The second-order valence-corrected chi connectivity index (χ2v) is 6.68. The number of nitrogens with zero attached hydrogens (tertiary/aromatic N) is 1. The minimum Gasteiger partial charge on any atom is -0.312 e. The van der Waals surface area contributed by atoms with Crippen LogP contribution in [0.5, 0.6) is 0 Å². The summed E-state index contributed by atoms with van der Waals surface area (Å²) >= 11 is 0. The van der Waals surface area contributed by atoms with Crippen molar-refractivity contribution in [2.24, 2.45) is 0 Å². The van der Waals surface area contributed by atoms with Gasteiger partial charge in [0.15, 0.2) is 0 Å². The first-order chi connectivity index (χ1) is 9.04. The summed E-state index contributed by atoms with van der Waals surface area (Å²) in [7, 11) is 0. The molecule has 0 saturated heterocycles. The summed E-state index contributed by atoms with van der Waals surface area (Å²) in [6.07, 6.45) is 3.79. The Morgan fingerprint density at radius 3 is 2.58 bits per heavy atom. The average Bonchev–Trinajstić information content (AvgIpc) is 2.37. The first-order valence-corrected chi connectivity index (χ1v) is 7.59. The molecule has 1 aliphatic heterocycles. The van der Waals surface area contributed by atoms with E-state index in [1.165, 1.54) is 37.9 Å². The van der Waals surface area contributed by atoms with E-state index in [1.807, 2.05) is 0 Å². The van der Waals surface area contributed by atoms with Crippen LogP contribution in [0.2, 0.25) is 0 Å². The van der Waals surface area contributed by atoms with Crippen LogP contribution in [0.25, 0.3) is 0 Å². The number of benzene rings is 1. The minimum atomic E-state index is 0.254. The summed E-state index contributed by atoms with van der Waals surface area (Å²) in [6, 6.07) is 8.88. The molecule has 2 rings (SSSR count). The van der Waals surface area contributed by atoms with E-state index >= 15 is 0 Å². The Balaban J connectivity index is 1.66. The van der Waals surface area contributed by atoms with Gasteiger partial charge in [-0.05, 0) is 64.3 Å². The third kappa shape index (κ3) is 4.96. The van der Waals surface area contributed by atoms with Gasteiger partial charge in [-0.3, -0.25) is 4.90 Å². The SMILES string of the molecule is CC(C)(C)NCCCCN1CCc2ccccc2C1. The molecule has 2 heteroatoms. The Morgan fingerprint density at radius 1 is 1.11 bits per heavy atom. The maximum absolute atomic E-state index is 3.56. The lowest BCUT2D eigenvalue weighted by molar-refractivity contribution is 0.247. The monoisotopic (exact) mass is 260 g/mol. The van der Waals surface area contributed by atoms with Gasteiger partial charge in [0.25, 0.3) is 0 Å². The van der Waals surface area contributed by atoms with Crippen LogP contribution in [0.15, 0.2) is 24.3 Å². The summed E-state index contributed by atoms with van der Waals surface area (Å²) in [4.78, 5) is 2.60. The summed E-state index contributed by atoms with van der Waals surface area (Å²) in [5.74, 6) is 0. The number of fused-ring (bicyclic) bond motifs is 1. The predicted octanol–water partition coefficient (Wildman–Crippen LogP) is 3.21. The quantitative estimate of drug-likeness (QED) is 0.818. The topological polar surface area (TPSA) is 15.3 Å². The molecule has 0 bridgehead atoms. The van der Waals surface area contributed by atoms with Crippen molar-refractivity contribution in [3.05, 3.63) is 35.4 Å². The van der Waals surface area contributed by atoms with Crippen molar-refractivity contribution >= 4 is 0 Å². The van der Waals surface area contributed by atoms with E-state index in [9.17, 15) is 0 Å². The predicted molar refractivity (Wildman–Crippen MR) is 82.4 cm³/mol. The summed E-state index contributed by atoms with van der Waals surface area (Å²) < 4.78 is 0. The molecule has 1 aliphatic rings. The van der Waals surface area contributed by atoms with Crippen molar-refractivity contribution in [1.29, 1.82) is 0 Å². The van der Waals surface area contributed by atoms with Gasteiger partial charge >= 0.3 is 0 Å². The summed E-state index contributed by atoms with van der Waals surface area (Å²) in [6.45, 7) is 11.4. The van der Waals surface area contributed by atoms with Gasteiger partial charge in [0.05, 0.1) is 0 Å². The van der Waals surface area contributed by atoms with Crippen LogP contribution in [0, 0.1) is 0 Å². The third-order valence-corrected chi connectivity index (χ3v) is 3.77. The highest BCUT2D eigenvalue weighted by Gasteiger charge is 2.15. The average molecular weight is 260 g/mol. The largest absolute Gasteiger partial charge is 0.312 e. The lowest BCUT2D eigenvalue weighted by Gasteiger charge is -2.28. The smallest absolute Gasteiger partial charge is 0.0236 e. The Morgan fingerprint density at radius 2 is 1.84 bits per heavy atom. The van der Waals surface area contributed by atoms with Gasteiger partial charge in [0.1, 0.15) is 0 Å². The van der Waals surface area contributed by atoms with Crippen molar-refractivity contribution in [1.82, 2.24) is 10.2 Å². The fraction of sp³-hybridized carbons (Fsp3) is 0.647. The van der Waals surface area contributed by atoms with Gasteiger partial charge in [-0.2, -0.15) is 0 Å². The van der Waals surface area contributed by atoms with Gasteiger partial charge in [0.2, 0.25) is 0 Å². The normalized spacial score (nSPS) is 16.4. The lowest BCUT2D eigenvalue weighted by Crippen LogP contribution is -2.37. The summed E-state index contributed by atoms with van der Waals surface area (Å²) in [5, 5.41) is 3.56. The molecule has 1 heterocycles. The van der Waals surface area contributed by atoms with Crippen LogP contribution in [0.3, 0.4) is 0 Å². The molecule has 0 radical (unpaired) electrons. The molecule has 0 unspecified atom stereocenters. The van der Waals surface area contributed by atoms with E-state index in [4.69, 9.17) is 0 Å². The van der Waals surface area contributed by atoms with Crippen molar-refractivity contribution in [2.45, 2.75) is 52.1 Å². The Hall–Kier alpha value is -0.860. The van der Waals surface area contributed by atoms with Crippen LogP contribution in [0.4, 0.5) is 0 Å². The van der Waals surface area contributed by atoms with E-state index in [0.29, 0.717) is 0 Å².